The molecule has 2 heterocycles. The quantitative estimate of drug-likeness (QED) is 0.772. The van der Waals surface area contributed by atoms with Crippen molar-refractivity contribution in [1.82, 2.24) is 9.97 Å². The van der Waals surface area contributed by atoms with Crippen LogP contribution in [0.3, 0.4) is 0 Å². The van der Waals surface area contributed by atoms with Crippen LogP contribution in [0.2, 0.25) is 0 Å². The minimum absolute atomic E-state index is 0.392. The van der Waals surface area contributed by atoms with Crippen molar-refractivity contribution in [2.45, 2.75) is 26.2 Å². The number of benzene rings is 2. The monoisotopic (exact) mass is 278 g/mol. The average Bonchev–Trinajstić information content (AvgIpc) is 3.04. The molecule has 0 fully saturated rings. The van der Waals surface area contributed by atoms with Gasteiger partial charge in [0, 0.05) is 17.9 Å². The maximum Gasteiger partial charge on any atom is 0.122 e. The summed E-state index contributed by atoms with van der Waals surface area (Å²) in [6.45, 7) is 4.98. The highest BCUT2D eigenvalue weighted by molar-refractivity contribution is 5.79. The number of para-hydroxylation sites is 1. The number of rotatable bonds is 2. The molecule has 0 spiro atoms. The summed E-state index contributed by atoms with van der Waals surface area (Å²) >= 11 is 0. The molecular formula is C18H18N2O. The largest absolute Gasteiger partial charge is 0.493 e. The molecule has 106 valence electrons. The van der Waals surface area contributed by atoms with E-state index < -0.39 is 0 Å². The van der Waals surface area contributed by atoms with Crippen LogP contribution in [0.15, 0.2) is 36.4 Å². The Bertz CT molecular complexity index is 819. The summed E-state index contributed by atoms with van der Waals surface area (Å²) in [7, 11) is 0. The van der Waals surface area contributed by atoms with Gasteiger partial charge in [0.25, 0.3) is 0 Å². The van der Waals surface area contributed by atoms with Crippen LogP contribution in [-0.2, 0) is 6.42 Å². The third-order valence-corrected chi connectivity index (χ3v) is 4.21. The number of hydrogen-bond donors (Lipinski definition) is 1. The van der Waals surface area contributed by atoms with E-state index in [1.165, 1.54) is 16.7 Å². The van der Waals surface area contributed by atoms with E-state index in [1.54, 1.807) is 0 Å². The molecule has 1 aliphatic heterocycles. The first-order valence-corrected chi connectivity index (χ1v) is 7.38. The third kappa shape index (κ3) is 2.09. The van der Waals surface area contributed by atoms with Crippen molar-refractivity contribution in [2.24, 2.45) is 0 Å². The lowest BCUT2D eigenvalue weighted by molar-refractivity contribution is 0.329. The summed E-state index contributed by atoms with van der Waals surface area (Å²) in [4.78, 5) is 8.25. The fraction of sp³-hybridized carbons (Fsp3) is 0.278. The molecular weight excluding hydrogens is 260 g/mol. The van der Waals surface area contributed by atoms with E-state index in [1.807, 2.05) is 12.1 Å². The molecule has 1 aliphatic rings. The van der Waals surface area contributed by atoms with E-state index in [0.29, 0.717) is 5.92 Å². The zero-order valence-electron chi connectivity index (χ0n) is 12.3. The van der Waals surface area contributed by atoms with E-state index >= 15 is 0 Å². The Morgan fingerprint density at radius 1 is 1.24 bits per heavy atom. The van der Waals surface area contributed by atoms with Crippen LogP contribution in [0.5, 0.6) is 5.75 Å². The highest BCUT2D eigenvalue weighted by Crippen LogP contribution is 2.35. The molecule has 3 heteroatoms. The minimum atomic E-state index is 0.392. The average molecular weight is 278 g/mol. The molecule has 21 heavy (non-hydrogen) atoms. The summed E-state index contributed by atoms with van der Waals surface area (Å²) < 4.78 is 5.76. The molecule has 0 unspecified atom stereocenters. The lowest BCUT2D eigenvalue weighted by Gasteiger charge is -2.05. The second kappa shape index (κ2) is 4.62. The van der Waals surface area contributed by atoms with Crippen LogP contribution in [0.25, 0.3) is 11.0 Å². The summed E-state index contributed by atoms with van der Waals surface area (Å²) in [6, 6.07) is 12.6. The van der Waals surface area contributed by atoms with E-state index in [9.17, 15) is 0 Å². The van der Waals surface area contributed by atoms with Crippen LogP contribution >= 0.6 is 0 Å². The van der Waals surface area contributed by atoms with Gasteiger partial charge in [0.05, 0.1) is 17.6 Å². The Morgan fingerprint density at radius 3 is 3.00 bits per heavy atom. The van der Waals surface area contributed by atoms with Crippen LogP contribution in [-0.4, -0.2) is 16.6 Å². The van der Waals surface area contributed by atoms with Gasteiger partial charge in [0.2, 0.25) is 0 Å². The van der Waals surface area contributed by atoms with E-state index in [0.717, 1.165) is 35.6 Å². The van der Waals surface area contributed by atoms with E-state index in [-0.39, 0.29) is 0 Å². The number of ether oxygens (including phenoxy) is 1. The van der Waals surface area contributed by atoms with Gasteiger partial charge < -0.3 is 9.72 Å². The number of fused-ring (bicyclic) bond motifs is 2. The molecule has 0 saturated heterocycles. The number of aromatic nitrogens is 2. The minimum Gasteiger partial charge on any atom is -0.493 e. The zero-order chi connectivity index (χ0) is 14.4. The molecule has 1 atom stereocenters. The van der Waals surface area contributed by atoms with Gasteiger partial charge in [-0.1, -0.05) is 24.3 Å². The summed E-state index contributed by atoms with van der Waals surface area (Å²) in [5.41, 5.74) is 6.02. The number of aryl methyl sites for hydroxylation is 2. The Labute approximate surface area is 124 Å². The summed E-state index contributed by atoms with van der Waals surface area (Å²) in [6.07, 6.45) is 0.893. The fourth-order valence-corrected chi connectivity index (χ4v) is 3.25. The van der Waals surface area contributed by atoms with Crippen LogP contribution in [0, 0.1) is 13.8 Å². The van der Waals surface area contributed by atoms with E-state index in [2.05, 4.69) is 43.1 Å². The van der Waals surface area contributed by atoms with Crippen molar-refractivity contribution in [1.29, 1.82) is 0 Å². The van der Waals surface area contributed by atoms with Gasteiger partial charge in [-0.15, -0.1) is 0 Å². The van der Waals surface area contributed by atoms with Crippen molar-refractivity contribution >= 4 is 11.0 Å². The second-order valence-electron chi connectivity index (χ2n) is 5.91. The SMILES string of the molecule is Cc1cc(C)c2nc(C[C@H]3COc4ccccc43)[nH]c2c1. The number of H-pyrrole nitrogens is 1. The van der Waals surface area contributed by atoms with Gasteiger partial charge in [-0.25, -0.2) is 4.98 Å². The molecule has 0 radical (unpaired) electrons. The van der Waals surface area contributed by atoms with Gasteiger partial charge >= 0.3 is 0 Å². The highest BCUT2D eigenvalue weighted by atomic mass is 16.5. The Morgan fingerprint density at radius 2 is 2.10 bits per heavy atom. The van der Waals surface area contributed by atoms with Crippen molar-refractivity contribution in [3.05, 3.63) is 58.9 Å². The molecule has 1 N–H and O–H groups in total. The maximum absolute atomic E-state index is 5.76. The number of imidazole rings is 1. The molecule has 2 aromatic carbocycles. The normalized spacial score (nSPS) is 17.0. The Hall–Kier alpha value is -2.29. The van der Waals surface area contributed by atoms with Crippen molar-refractivity contribution < 1.29 is 4.74 Å². The number of nitrogens with one attached hydrogen (secondary N) is 1. The van der Waals surface area contributed by atoms with Crippen molar-refractivity contribution in [3.63, 3.8) is 0 Å². The number of hydrogen-bond acceptors (Lipinski definition) is 2. The molecule has 3 aromatic rings. The lowest BCUT2D eigenvalue weighted by Crippen LogP contribution is -2.05. The number of nitrogens with zero attached hydrogens (tertiary/aromatic N) is 1. The van der Waals surface area contributed by atoms with Gasteiger partial charge in [-0.3, -0.25) is 0 Å². The van der Waals surface area contributed by atoms with Crippen LogP contribution in [0.1, 0.15) is 28.4 Å². The zero-order valence-corrected chi connectivity index (χ0v) is 12.3. The third-order valence-electron chi connectivity index (χ3n) is 4.21. The molecule has 0 amide bonds. The predicted octanol–water partition coefficient (Wildman–Crippen LogP) is 3.90. The Kier molecular flexibility index (Phi) is 2.74. The van der Waals surface area contributed by atoms with Crippen molar-refractivity contribution in [2.75, 3.05) is 6.61 Å². The predicted molar refractivity (Wildman–Crippen MR) is 83.9 cm³/mol. The molecule has 0 saturated carbocycles. The van der Waals surface area contributed by atoms with Gasteiger partial charge in [-0.05, 0) is 37.1 Å². The van der Waals surface area contributed by atoms with E-state index in [4.69, 9.17) is 9.72 Å². The molecule has 3 nitrogen and oxygen atoms in total. The topological polar surface area (TPSA) is 37.9 Å². The maximum atomic E-state index is 5.76. The first-order chi connectivity index (χ1) is 10.2. The standard InChI is InChI=1S/C18H18N2O/c1-11-7-12(2)18-15(8-11)19-17(20-18)9-13-10-21-16-6-4-3-5-14(13)16/h3-8,13H,9-10H2,1-2H3,(H,19,20)/t13-/m0/s1. The van der Waals surface area contributed by atoms with Gasteiger partial charge in [0.15, 0.2) is 0 Å². The van der Waals surface area contributed by atoms with Crippen LogP contribution in [0.4, 0.5) is 0 Å². The molecule has 0 aliphatic carbocycles. The smallest absolute Gasteiger partial charge is 0.122 e. The molecule has 4 rings (SSSR count). The van der Waals surface area contributed by atoms with Gasteiger partial charge in [-0.2, -0.15) is 0 Å². The van der Waals surface area contributed by atoms with Crippen molar-refractivity contribution in [3.8, 4) is 5.75 Å². The molecule has 1 aromatic heterocycles. The second-order valence-corrected chi connectivity index (χ2v) is 5.91. The Balaban J connectivity index is 1.68. The summed E-state index contributed by atoms with van der Waals surface area (Å²) in [5.74, 6) is 2.46. The van der Waals surface area contributed by atoms with Crippen LogP contribution < -0.4 is 4.74 Å². The number of aromatic amines is 1. The lowest BCUT2D eigenvalue weighted by atomic mass is 9.98. The van der Waals surface area contributed by atoms with Gasteiger partial charge in [0.1, 0.15) is 11.6 Å². The fourth-order valence-electron chi connectivity index (χ4n) is 3.25. The highest BCUT2D eigenvalue weighted by Gasteiger charge is 2.24. The summed E-state index contributed by atoms with van der Waals surface area (Å²) in [5, 5.41) is 0. The first kappa shape index (κ1) is 12.5. The molecule has 0 bridgehead atoms. The first-order valence-electron chi connectivity index (χ1n) is 7.38.